The van der Waals surface area contributed by atoms with Gasteiger partial charge in [0.1, 0.15) is 17.9 Å². The maximum Gasteiger partial charge on any atom is 0.163 e. The fraction of sp³-hybridized carbons (Fsp3) is 0.312. The van der Waals surface area contributed by atoms with Crippen LogP contribution < -0.4 is 10.1 Å². The van der Waals surface area contributed by atoms with Gasteiger partial charge in [0.25, 0.3) is 0 Å². The van der Waals surface area contributed by atoms with E-state index in [4.69, 9.17) is 4.74 Å². The first kappa shape index (κ1) is 14.3. The summed E-state index contributed by atoms with van der Waals surface area (Å²) in [6.45, 7) is 4.75. The van der Waals surface area contributed by atoms with Crippen molar-refractivity contribution in [2.45, 2.75) is 19.9 Å². The third-order valence-electron chi connectivity index (χ3n) is 3.57. The highest BCUT2D eigenvalue weighted by Crippen LogP contribution is 2.24. The summed E-state index contributed by atoms with van der Waals surface area (Å²) >= 11 is 0. The van der Waals surface area contributed by atoms with Crippen LogP contribution in [0.3, 0.4) is 0 Å². The Morgan fingerprint density at radius 3 is 2.73 bits per heavy atom. The summed E-state index contributed by atoms with van der Waals surface area (Å²) in [4.78, 5) is 8.58. The molecule has 0 saturated heterocycles. The predicted molar refractivity (Wildman–Crippen MR) is 86.0 cm³/mol. The zero-order chi connectivity index (χ0) is 15.5. The van der Waals surface area contributed by atoms with E-state index in [1.807, 2.05) is 26.1 Å². The van der Waals surface area contributed by atoms with Crippen LogP contribution in [0, 0.1) is 0 Å². The van der Waals surface area contributed by atoms with Gasteiger partial charge in [0.05, 0.1) is 18.2 Å². The number of aryl methyl sites for hydroxylation is 1. The van der Waals surface area contributed by atoms with Crippen LogP contribution >= 0.6 is 0 Å². The summed E-state index contributed by atoms with van der Waals surface area (Å²) in [5, 5.41) is 8.57. The molecule has 6 heteroatoms. The number of aromatic nitrogens is 4. The molecule has 1 aromatic carbocycles. The molecule has 6 nitrogen and oxygen atoms in total. The summed E-state index contributed by atoms with van der Waals surface area (Å²) in [6, 6.07) is 8.20. The minimum Gasteiger partial charge on any atom is -0.494 e. The van der Waals surface area contributed by atoms with Gasteiger partial charge in [-0.3, -0.25) is 4.68 Å². The SMILES string of the molecule is CCOc1ccc([C@H](C)Nc2ncnc3c2cnn3C)cc1. The number of anilines is 1. The second kappa shape index (κ2) is 6.01. The first-order valence-electron chi connectivity index (χ1n) is 7.31. The number of rotatable bonds is 5. The molecule has 1 atom stereocenters. The van der Waals surface area contributed by atoms with Gasteiger partial charge < -0.3 is 10.1 Å². The van der Waals surface area contributed by atoms with Crippen LogP contribution in [0.1, 0.15) is 25.5 Å². The van der Waals surface area contributed by atoms with Crippen molar-refractivity contribution in [1.29, 1.82) is 0 Å². The first-order valence-corrected chi connectivity index (χ1v) is 7.31. The molecule has 0 fully saturated rings. The van der Waals surface area contributed by atoms with Gasteiger partial charge in [-0.2, -0.15) is 5.10 Å². The Bertz CT molecular complexity index is 766. The van der Waals surface area contributed by atoms with Crippen LogP contribution in [-0.4, -0.2) is 26.4 Å². The molecule has 1 N–H and O–H groups in total. The molecule has 22 heavy (non-hydrogen) atoms. The Balaban J connectivity index is 1.82. The summed E-state index contributed by atoms with van der Waals surface area (Å²) in [7, 11) is 1.87. The van der Waals surface area contributed by atoms with Crippen LogP contribution in [0.15, 0.2) is 36.8 Å². The first-order chi connectivity index (χ1) is 10.7. The topological polar surface area (TPSA) is 64.9 Å². The fourth-order valence-electron chi connectivity index (χ4n) is 2.38. The molecular formula is C16H19N5O. The lowest BCUT2D eigenvalue weighted by Gasteiger charge is -2.15. The maximum absolute atomic E-state index is 5.47. The van der Waals surface area contributed by atoms with Crippen molar-refractivity contribution in [3.05, 3.63) is 42.4 Å². The van der Waals surface area contributed by atoms with E-state index in [0.29, 0.717) is 6.61 Å². The Morgan fingerprint density at radius 1 is 1.23 bits per heavy atom. The van der Waals surface area contributed by atoms with Crippen molar-refractivity contribution in [2.75, 3.05) is 11.9 Å². The van der Waals surface area contributed by atoms with Crippen molar-refractivity contribution < 1.29 is 4.74 Å². The minimum atomic E-state index is 0.119. The Labute approximate surface area is 129 Å². The number of hydrogen-bond donors (Lipinski definition) is 1. The van der Waals surface area contributed by atoms with Crippen molar-refractivity contribution in [2.24, 2.45) is 7.05 Å². The van der Waals surface area contributed by atoms with Crippen molar-refractivity contribution in [3.8, 4) is 5.75 Å². The van der Waals surface area contributed by atoms with Gasteiger partial charge in [-0.1, -0.05) is 12.1 Å². The summed E-state index contributed by atoms with van der Waals surface area (Å²) in [6.07, 6.45) is 3.33. The number of benzene rings is 1. The molecule has 0 saturated carbocycles. The smallest absolute Gasteiger partial charge is 0.163 e. The lowest BCUT2D eigenvalue weighted by Crippen LogP contribution is -2.08. The summed E-state index contributed by atoms with van der Waals surface area (Å²) < 4.78 is 7.21. The molecule has 0 amide bonds. The number of nitrogens with zero attached hydrogens (tertiary/aromatic N) is 4. The van der Waals surface area contributed by atoms with E-state index in [9.17, 15) is 0 Å². The second-order valence-electron chi connectivity index (χ2n) is 5.10. The van der Waals surface area contributed by atoms with E-state index in [-0.39, 0.29) is 6.04 Å². The van der Waals surface area contributed by atoms with E-state index in [0.717, 1.165) is 22.6 Å². The molecule has 0 aliphatic carbocycles. The van der Waals surface area contributed by atoms with Gasteiger partial charge in [-0.15, -0.1) is 0 Å². The average molecular weight is 297 g/mol. The highest BCUT2D eigenvalue weighted by Gasteiger charge is 2.11. The van der Waals surface area contributed by atoms with Crippen LogP contribution in [0.2, 0.25) is 0 Å². The molecule has 0 bridgehead atoms. The third-order valence-corrected chi connectivity index (χ3v) is 3.57. The van der Waals surface area contributed by atoms with E-state index in [1.165, 1.54) is 5.56 Å². The van der Waals surface area contributed by atoms with Gasteiger partial charge in [0.2, 0.25) is 0 Å². The van der Waals surface area contributed by atoms with Gasteiger partial charge in [0, 0.05) is 13.1 Å². The van der Waals surface area contributed by atoms with Crippen molar-refractivity contribution in [1.82, 2.24) is 19.7 Å². The Hall–Kier alpha value is -2.63. The van der Waals surface area contributed by atoms with Crippen LogP contribution in [0.5, 0.6) is 5.75 Å². The second-order valence-corrected chi connectivity index (χ2v) is 5.10. The largest absolute Gasteiger partial charge is 0.494 e. The number of hydrogen-bond acceptors (Lipinski definition) is 5. The van der Waals surface area contributed by atoms with Crippen LogP contribution in [0.4, 0.5) is 5.82 Å². The quantitative estimate of drug-likeness (QED) is 0.784. The standard InChI is InChI=1S/C16H19N5O/c1-4-22-13-7-5-12(6-8-13)11(2)20-15-14-9-19-21(3)16(14)18-10-17-15/h5-11H,4H2,1-3H3,(H,17,18,20)/t11-/m0/s1. The van der Waals surface area contributed by atoms with Gasteiger partial charge in [-0.05, 0) is 31.5 Å². The van der Waals surface area contributed by atoms with Crippen molar-refractivity contribution >= 4 is 16.9 Å². The molecular weight excluding hydrogens is 278 g/mol. The minimum absolute atomic E-state index is 0.119. The van der Waals surface area contributed by atoms with Gasteiger partial charge >= 0.3 is 0 Å². The van der Waals surface area contributed by atoms with Gasteiger partial charge in [0.15, 0.2) is 5.65 Å². The molecule has 0 aliphatic heterocycles. The average Bonchev–Trinajstić information content (AvgIpc) is 2.91. The summed E-state index contributed by atoms with van der Waals surface area (Å²) in [5.41, 5.74) is 1.98. The normalized spacial score (nSPS) is 12.3. The highest BCUT2D eigenvalue weighted by atomic mass is 16.5. The molecule has 3 rings (SSSR count). The molecule has 2 aromatic heterocycles. The maximum atomic E-state index is 5.47. The fourth-order valence-corrected chi connectivity index (χ4v) is 2.38. The van der Waals surface area contributed by atoms with E-state index < -0.39 is 0 Å². The summed E-state index contributed by atoms with van der Waals surface area (Å²) in [5.74, 6) is 1.68. The molecule has 114 valence electrons. The molecule has 0 radical (unpaired) electrons. The zero-order valence-electron chi connectivity index (χ0n) is 12.9. The molecule has 0 spiro atoms. The van der Waals surface area contributed by atoms with Gasteiger partial charge in [-0.25, -0.2) is 9.97 Å². The number of nitrogens with one attached hydrogen (secondary N) is 1. The highest BCUT2D eigenvalue weighted by molar-refractivity contribution is 5.86. The van der Waals surface area contributed by atoms with E-state index in [2.05, 4.69) is 39.4 Å². The molecule has 0 unspecified atom stereocenters. The zero-order valence-corrected chi connectivity index (χ0v) is 12.9. The lowest BCUT2D eigenvalue weighted by atomic mass is 10.1. The van der Waals surface area contributed by atoms with E-state index in [1.54, 1.807) is 17.2 Å². The Kier molecular flexibility index (Phi) is 3.91. The number of ether oxygens (including phenoxy) is 1. The van der Waals surface area contributed by atoms with E-state index >= 15 is 0 Å². The number of fused-ring (bicyclic) bond motifs is 1. The lowest BCUT2D eigenvalue weighted by molar-refractivity contribution is 0.340. The van der Waals surface area contributed by atoms with Crippen LogP contribution in [-0.2, 0) is 7.05 Å². The molecule has 3 aromatic rings. The molecule has 0 aliphatic rings. The predicted octanol–water partition coefficient (Wildman–Crippen LogP) is 2.94. The third kappa shape index (κ3) is 2.72. The van der Waals surface area contributed by atoms with Crippen LogP contribution in [0.25, 0.3) is 11.0 Å². The Morgan fingerprint density at radius 2 is 2.00 bits per heavy atom. The van der Waals surface area contributed by atoms with Crippen molar-refractivity contribution in [3.63, 3.8) is 0 Å². The monoisotopic (exact) mass is 297 g/mol. The molecule has 2 heterocycles.